The maximum absolute atomic E-state index is 8.82. The average molecular weight is 245 g/mol. The third kappa shape index (κ3) is 1.70. The summed E-state index contributed by atoms with van der Waals surface area (Å²) in [5.41, 5.74) is 3.63. The van der Waals surface area contributed by atoms with Gasteiger partial charge in [-0.2, -0.15) is 5.26 Å². The van der Waals surface area contributed by atoms with Gasteiger partial charge in [0, 0.05) is 18.6 Å². The Hall–Kier alpha value is -0.590. The van der Waals surface area contributed by atoms with Crippen LogP contribution in [0.5, 0.6) is 0 Å². The minimum Gasteiger partial charge on any atom is -0.251 e. The summed E-state index contributed by atoms with van der Waals surface area (Å²) >= 11 is 0. The lowest BCUT2D eigenvalue weighted by molar-refractivity contribution is -0.0739. The van der Waals surface area contributed by atoms with E-state index in [0.29, 0.717) is 12.5 Å². The molecule has 18 heavy (non-hydrogen) atoms. The number of hydrogen-bond acceptors (Lipinski definition) is 3. The van der Waals surface area contributed by atoms with Gasteiger partial charge < -0.3 is 0 Å². The molecule has 5 aliphatic rings. The number of hydrazine groups is 1. The first-order valence-electron chi connectivity index (χ1n) is 7.73. The molecule has 1 aliphatic heterocycles. The van der Waals surface area contributed by atoms with Gasteiger partial charge in [0.1, 0.15) is 0 Å². The Morgan fingerprint density at radius 3 is 2.33 bits per heavy atom. The standard InChI is InChI=1S/C15H23N3/c16-3-1-14-2-4-18(17-14)15-12-6-10-5-11(8-12)9-13(15)7-10/h10-15,17H,1-2,4-9H2. The molecule has 5 rings (SSSR count). The lowest BCUT2D eigenvalue weighted by atomic mass is 9.54. The van der Waals surface area contributed by atoms with Gasteiger partial charge in [0.15, 0.2) is 0 Å². The molecule has 0 radical (unpaired) electrons. The highest BCUT2D eigenvalue weighted by atomic mass is 15.6. The first kappa shape index (κ1) is 11.3. The molecule has 4 bridgehead atoms. The molecule has 3 heteroatoms. The summed E-state index contributed by atoms with van der Waals surface area (Å²) in [6.45, 7) is 1.17. The van der Waals surface area contributed by atoms with Crippen LogP contribution in [-0.2, 0) is 0 Å². The Morgan fingerprint density at radius 2 is 1.72 bits per heavy atom. The number of nitriles is 1. The van der Waals surface area contributed by atoms with Gasteiger partial charge >= 0.3 is 0 Å². The van der Waals surface area contributed by atoms with E-state index in [1.165, 1.54) is 38.6 Å². The van der Waals surface area contributed by atoms with Gasteiger partial charge in [-0.15, -0.1) is 0 Å². The van der Waals surface area contributed by atoms with E-state index in [0.717, 1.165) is 36.1 Å². The molecule has 0 aromatic carbocycles. The summed E-state index contributed by atoms with van der Waals surface area (Å²) in [4.78, 5) is 0. The van der Waals surface area contributed by atoms with Crippen LogP contribution in [0.4, 0.5) is 0 Å². The fourth-order valence-electron chi connectivity index (χ4n) is 5.56. The first-order chi connectivity index (χ1) is 8.83. The summed E-state index contributed by atoms with van der Waals surface area (Å²) < 4.78 is 0. The van der Waals surface area contributed by atoms with Crippen LogP contribution in [0, 0.1) is 35.0 Å². The SMILES string of the molecule is N#CCC1CCN(C2C3CC4CC(C3)CC2C4)N1. The molecule has 4 saturated carbocycles. The van der Waals surface area contributed by atoms with Crippen molar-refractivity contribution in [3.8, 4) is 6.07 Å². The molecule has 1 atom stereocenters. The molecular formula is C15H23N3. The predicted octanol–water partition coefficient (Wildman–Crippen LogP) is 2.30. The highest BCUT2D eigenvalue weighted by Gasteiger charge is 2.50. The van der Waals surface area contributed by atoms with Crippen molar-refractivity contribution >= 4 is 0 Å². The second-order valence-corrected chi connectivity index (χ2v) is 7.09. The Balaban J connectivity index is 1.48. The molecule has 3 nitrogen and oxygen atoms in total. The fraction of sp³-hybridized carbons (Fsp3) is 0.933. The van der Waals surface area contributed by atoms with Gasteiger partial charge in [0.25, 0.3) is 0 Å². The summed E-state index contributed by atoms with van der Waals surface area (Å²) in [5.74, 6) is 4.02. The Bertz CT molecular complexity index is 344. The van der Waals surface area contributed by atoms with Crippen LogP contribution in [0.25, 0.3) is 0 Å². The largest absolute Gasteiger partial charge is 0.251 e. The molecule has 1 heterocycles. The average Bonchev–Trinajstić information content (AvgIpc) is 2.76. The quantitative estimate of drug-likeness (QED) is 0.811. The van der Waals surface area contributed by atoms with Gasteiger partial charge in [0.05, 0.1) is 12.5 Å². The molecule has 1 unspecified atom stereocenters. The predicted molar refractivity (Wildman–Crippen MR) is 69.3 cm³/mol. The first-order valence-corrected chi connectivity index (χ1v) is 7.73. The third-order valence-corrected chi connectivity index (χ3v) is 5.94. The Kier molecular flexibility index (Phi) is 2.63. The van der Waals surface area contributed by atoms with Crippen molar-refractivity contribution in [1.29, 1.82) is 5.26 Å². The minimum absolute atomic E-state index is 0.423. The topological polar surface area (TPSA) is 39.1 Å². The van der Waals surface area contributed by atoms with Crippen LogP contribution in [0.15, 0.2) is 0 Å². The third-order valence-electron chi connectivity index (χ3n) is 5.94. The van der Waals surface area contributed by atoms with E-state index in [-0.39, 0.29) is 0 Å². The van der Waals surface area contributed by atoms with Crippen LogP contribution in [0.3, 0.4) is 0 Å². The zero-order valence-electron chi connectivity index (χ0n) is 11.0. The molecule has 0 aromatic rings. The van der Waals surface area contributed by atoms with Crippen molar-refractivity contribution in [1.82, 2.24) is 10.4 Å². The van der Waals surface area contributed by atoms with Crippen LogP contribution >= 0.6 is 0 Å². The smallest absolute Gasteiger partial charge is 0.0638 e. The van der Waals surface area contributed by atoms with Crippen molar-refractivity contribution in [2.45, 2.75) is 57.0 Å². The number of rotatable bonds is 2. The Labute approximate surface area is 109 Å². The van der Waals surface area contributed by atoms with E-state index in [1.807, 2.05) is 0 Å². The van der Waals surface area contributed by atoms with Crippen molar-refractivity contribution < 1.29 is 0 Å². The molecule has 1 saturated heterocycles. The summed E-state index contributed by atoms with van der Waals surface area (Å²) in [6.07, 6.45) is 9.30. The monoisotopic (exact) mass is 245 g/mol. The fourth-order valence-corrected chi connectivity index (χ4v) is 5.56. The highest BCUT2D eigenvalue weighted by molar-refractivity contribution is 5.03. The number of nitrogens with zero attached hydrogens (tertiary/aromatic N) is 2. The van der Waals surface area contributed by atoms with Crippen LogP contribution in [-0.4, -0.2) is 23.6 Å². The molecule has 0 aromatic heterocycles. The normalized spacial score (nSPS) is 50.6. The van der Waals surface area contributed by atoms with Gasteiger partial charge in [-0.3, -0.25) is 5.43 Å². The zero-order valence-corrected chi connectivity index (χ0v) is 11.0. The van der Waals surface area contributed by atoms with E-state index >= 15 is 0 Å². The summed E-state index contributed by atoms with van der Waals surface area (Å²) in [6, 6.07) is 3.52. The minimum atomic E-state index is 0.423. The van der Waals surface area contributed by atoms with E-state index in [4.69, 9.17) is 5.26 Å². The maximum atomic E-state index is 8.82. The number of hydrogen-bond donors (Lipinski definition) is 1. The van der Waals surface area contributed by atoms with E-state index in [1.54, 1.807) is 0 Å². The van der Waals surface area contributed by atoms with Gasteiger partial charge in [-0.25, -0.2) is 5.01 Å². The molecule has 0 amide bonds. The second-order valence-electron chi connectivity index (χ2n) is 7.09. The highest BCUT2D eigenvalue weighted by Crippen LogP contribution is 2.55. The van der Waals surface area contributed by atoms with E-state index in [2.05, 4.69) is 16.5 Å². The van der Waals surface area contributed by atoms with Crippen molar-refractivity contribution in [3.05, 3.63) is 0 Å². The Morgan fingerprint density at radius 1 is 1.06 bits per heavy atom. The molecule has 4 aliphatic carbocycles. The summed E-state index contributed by atoms with van der Waals surface area (Å²) in [7, 11) is 0. The molecule has 0 spiro atoms. The lowest BCUT2D eigenvalue weighted by Gasteiger charge is -2.56. The molecule has 5 fully saturated rings. The van der Waals surface area contributed by atoms with E-state index in [9.17, 15) is 0 Å². The van der Waals surface area contributed by atoms with Crippen LogP contribution in [0.2, 0.25) is 0 Å². The van der Waals surface area contributed by atoms with Crippen molar-refractivity contribution in [3.63, 3.8) is 0 Å². The van der Waals surface area contributed by atoms with Gasteiger partial charge in [-0.05, 0) is 62.2 Å². The molecule has 1 N–H and O–H groups in total. The van der Waals surface area contributed by atoms with Gasteiger partial charge in [-0.1, -0.05) is 0 Å². The maximum Gasteiger partial charge on any atom is 0.0638 e. The summed E-state index contributed by atoms with van der Waals surface area (Å²) in [5, 5.41) is 11.4. The van der Waals surface area contributed by atoms with Crippen molar-refractivity contribution in [2.75, 3.05) is 6.54 Å². The number of nitrogens with one attached hydrogen (secondary N) is 1. The zero-order chi connectivity index (χ0) is 12.1. The second kappa shape index (κ2) is 4.21. The lowest BCUT2D eigenvalue weighted by Crippen LogP contribution is -2.58. The van der Waals surface area contributed by atoms with E-state index < -0.39 is 0 Å². The molecular weight excluding hydrogens is 222 g/mol. The van der Waals surface area contributed by atoms with Crippen LogP contribution in [0.1, 0.15) is 44.9 Å². The van der Waals surface area contributed by atoms with Gasteiger partial charge in [0.2, 0.25) is 0 Å². The van der Waals surface area contributed by atoms with Crippen molar-refractivity contribution in [2.24, 2.45) is 23.7 Å². The molecule has 98 valence electrons. The van der Waals surface area contributed by atoms with Crippen LogP contribution < -0.4 is 5.43 Å².